The van der Waals surface area contributed by atoms with Crippen LogP contribution in [0.15, 0.2) is 94.2 Å². The number of ether oxygens (including phenoxy) is 2. The number of hydrogen-bond donors (Lipinski definition) is 0. The van der Waals surface area contributed by atoms with E-state index >= 15 is 0 Å². The molecule has 0 N–H and O–H groups in total. The van der Waals surface area contributed by atoms with E-state index in [1.807, 2.05) is 45.3 Å². The van der Waals surface area contributed by atoms with Crippen LogP contribution in [0.25, 0.3) is 105 Å². The Hall–Kier alpha value is -5.92. The molecular weight excluding hydrogens is 1230 g/mol. The quantitative estimate of drug-likeness (QED) is 0.0349. The zero-order valence-electron chi connectivity index (χ0n) is 57.6. The smallest absolute Gasteiger partial charge is 0.148 e. The van der Waals surface area contributed by atoms with Crippen molar-refractivity contribution in [2.24, 2.45) is 0 Å². The average molecular weight is 1340 g/mol. The van der Waals surface area contributed by atoms with Crippen molar-refractivity contribution in [3.05, 3.63) is 107 Å². The van der Waals surface area contributed by atoms with Crippen molar-refractivity contribution < 1.29 is 18.7 Å². The summed E-state index contributed by atoms with van der Waals surface area (Å²) in [6.45, 7) is 15.0. The summed E-state index contributed by atoms with van der Waals surface area (Å²) in [5.74, 6) is 1.81. The van der Waals surface area contributed by atoms with E-state index in [9.17, 15) is 0 Å². The summed E-state index contributed by atoms with van der Waals surface area (Å²) < 4.78 is 31.5. The minimum absolute atomic E-state index is 0.644. The van der Waals surface area contributed by atoms with Gasteiger partial charge in [0.05, 0.1) is 24.3 Å². The van der Waals surface area contributed by atoms with Crippen molar-refractivity contribution in [2.75, 3.05) is 13.2 Å². The van der Waals surface area contributed by atoms with Gasteiger partial charge in [-0.15, -0.1) is 45.3 Å². The molecule has 94 heavy (non-hydrogen) atoms. The van der Waals surface area contributed by atoms with Gasteiger partial charge in [0.25, 0.3) is 0 Å². The van der Waals surface area contributed by atoms with Gasteiger partial charge in [0.1, 0.15) is 33.6 Å². The summed E-state index contributed by atoms with van der Waals surface area (Å²) in [7, 11) is 0. The molecule has 0 saturated carbocycles. The molecule has 0 fully saturated rings. The average Bonchev–Trinajstić information content (AvgIpc) is 1.54. The van der Waals surface area contributed by atoms with Gasteiger partial charge in [0, 0.05) is 60.6 Å². The van der Waals surface area contributed by atoms with E-state index in [4.69, 9.17) is 39.4 Å². The number of rotatable bonds is 43. The molecule has 8 nitrogen and oxygen atoms in total. The number of unbranched alkanes of at least 4 members (excludes halogenated alkanes) is 28. The summed E-state index contributed by atoms with van der Waals surface area (Å²) in [4.78, 5) is 4.78. The van der Waals surface area contributed by atoms with Gasteiger partial charge in [0.15, 0.2) is 0 Å². The molecule has 0 aliphatic heterocycles. The molecule has 0 aliphatic rings. The number of nitrogens with zero attached hydrogens (tertiary/aromatic N) is 4. The number of benzene rings is 5. The first-order valence-corrected chi connectivity index (χ1v) is 40.2. The van der Waals surface area contributed by atoms with E-state index in [1.54, 1.807) is 0 Å². The molecule has 500 valence electrons. The molecule has 11 aromatic rings. The topological polar surface area (TPSA) is 96.3 Å². The monoisotopic (exact) mass is 1340 g/mol. The van der Waals surface area contributed by atoms with Crippen LogP contribution in [0, 0.1) is 13.8 Å². The molecule has 6 aromatic heterocycles. The standard InChI is InChI=1S/C82H104N4O4S4/c1-7-11-15-19-23-25-27-29-33-43-51-87-79-57(5)71(60-47-39-36-40-48-60)75-77(85-89-83-75)73(79)69-54-64-62(50-42-32-22-18-14-10-4)81-63(61(82(64)94-69)49-41-31-21-17-13-9-3)53-68(93-81)72-58(6)80(88-52-44-34-30-28-26-24-20-16-12-8-2)74(78-76(72)84-90-86-78)70-56-67-66(92-70)55-65(91-67)59-45-37-35-38-46-59/h35-40,45-48,53-56H,7-34,41-44,49-52H2,1-6H3. The van der Waals surface area contributed by atoms with Crippen molar-refractivity contribution in [3.63, 3.8) is 0 Å². The van der Waals surface area contributed by atoms with Gasteiger partial charge in [0.2, 0.25) is 0 Å². The second-order valence-corrected chi connectivity index (χ2v) is 31.0. The predicted molar refractivity (Wildman–Crippen MR) is 407 cm³/mol. The number of aromatic nitrogens is 4. The fourth-order valence-corrected chi connectivity index (χ4v) is 19.5. The van der Waals surface area contributed by atoms with Gasteiger partial charge >= 0.3 is 0 Å². The molecule has 12 heteroatoms. The minimum atomic E-state index is 0.644. The second-order valence-electron chi connectivity index (χ2n) is 26.8. The normalized spacial score (nSPS) is 12.0. The van der Waals surface area contributed by atoms with Gasteiger partial charge in [-0.1, -0.05) is 268 Å². The first-order chi connectivity index (χ1) is 46.4. The van der Waals surface area contributed by atoms with E-state index < -0.39 is 0 Å². The summed E-state index contributed by atoms with van der Waals surface area (Å²) in [5.41, 5.74) is 14.6. The maximum atomic E-state index is 7.23. The van der Waals surface area contributed by atoms with Crippen LogP contribution in [-0.2, 0) is 12.8 Å². The molecule has 0 bridgehead atoms. The molecular formula is C82H104N4O4S4. The zero-order valence-corrected chi connectivity index (χ0v) is 60.9. The predicted octanol–water partition coefficient (Wildman–Crippen LogP) is 27.8. The molecule has 11 rings (SSSR count). The third kappa shape index (κ3) is 16.9. The highest BCUT2D eigenvalue weighted by molar-refractivity contribution is 7.31. The van der Waals surface area contributed by atoms with Crippen LogP contribution in [-0.4, -0.2) is 33.8 Å². The molecule has 0 saturated heterocycles. The third-order valence-electron chi connectivity index (χ3n) is 19.6. The van der Waals surface area contributed by atoms with E-state index in [1.165, 1.54) is 228 Å². The van der Waals surface area contributed by atoms with Gasteiger partial charge in [-0.2, -0.15) is 0 Å². The molecule has 0 amide bonds. The summed E-state index contributed by atoms with van der Waals surface area (Å²) in [5, 5.41) is 22.0. The van der Waals surface area contributed by atoms with E-state index in [0.29, 0.717) is 13.2 Å². The highest BCUT2D eigenvalue weighted by atomic mass is 32.1. The molecule has 0 spiro atoms. The Kier molecular flexibility index (Phi) is 26.5. The third-order valence-corrected chi connectivity index (χ3v) is 24.4. The summed E-state index contributed by atoms with van der Waals surface area (Å²) in [6, 6.07) is 31.1. The number of thiophene rings is 4. The van der Waals surface area contributed by atoms with Crippen LogP contribution in [0.2, 0.25) is 0 Å². The Balaban J connectivity index is 1.02. The maximum Gasteiger partial charge on any atom is 0.148 e. The van der Waals surface area contributed by atoms with Crippen molar-refractivity contribution in [1.29, 1.82) is 0 Å². The van der Waals surface area contributed by atoms with Crippen molar-refractivity contribution in [2.45, 2.75) is 260 Å². The highest BCUT2D eigenvalue weighted by Crippen LogP contribution is 2.55. The van der Waals surface area contributed by atoms with Crippen molar-refractivity contribution in [3.8, 4) is 64.4 Å². The van der Waals surface area contributed by atoms with E-state index in [2.05, 4.69) is 126 Å². The molecule has 0 unspecified atom stereocenters. The van der Waals surface area contributed by atoms with Crippen molar-refractivity contribution in [1.82, 2.24) is 20.6 Å². The summed E-state index contributed by atoms with van der Waals surface area (Å²) in [6.07, 6.45) is 42.3. The van der Waals surface area contributed by atoms with Gasteiger partial charge in [-0.05, 0) is 130 Å². The van der Waals surface area contributed by atoms with Crippen LogP contribution in [0.1, 0.15) is 255 Å². The Bertz CT molecular complexity index is 4010. The second kappa shape index (κ2) is 35.9. The van der Waals surface area contributed by atoms with Crippen LogP contribution >= 0.6 is 45.3 Å². The number of fused-ring (bicyclic) bond motifs is 5. The molecule has 0 aliphatic carbocycles. The van der Waals surface area contributed by atoms with E-state index in [0.717, 1.165) is 129 Å². The fourth-order valence-electron chi connectivity index (χ4n) is 14.3. The van der Waals surface area contributed by atoms with Gasteiger partial charge < -0.3 is 9.47 Å². The molecule has 5 aromatic carbocycles. The number of aryl methyl sites for hydroxylation is 2. The van der Waals surface area contributed by atoms with Crippen LogP contribution in [0.5, 0.6) is 11.5 Å². The molecule has 0 radical (unpaired) electrons. The Labute approximate surface area is 577 Å². The van der Waals surface area contributed by atoms with Gasteiger partial charge in [-0.3, -0.25) is 0 Å². The van der Waals surface area contributed by atoms with Crippen LogP contribution < -0.4 is 9.47 Å². The lowest BCUT2D eigenvalue weighted by molar-refractivity contribution is 0.303. The summed E-state index contributed by atoms with van der Waals surface area (Å²) >= 11 is 7.54. The lowest BCUT2D eigenvalue weighted by Crippen LogP contribution is -2.03. The Morgan fingerprint density at radius 1 is 0.330 bits per heavy atom. The molecule has 0 atom stereocenters. The Morgan fingerprint density at radius 2 is 0.660 bits per heavy atom. The Morgan fingerprint density at radius 3 is 1.10 bits per heavy atom. The van der Waals surface area contributed by atoms with Gasteiger partial charge in [-0.25, -0.2) is 9.26 Å². The fraction of sp³-hybridized carbons (Fsp3) is 0.512. The first-order valence-electron chi connectivity index (χ1n) is 36.9. The first kappa shape index (κ1) is 69.4. The van der Waals surface area contributed by atoms with Crippen LogP contribution in [0.3, 0.4) is 0 Å². The lowest BCUT2D eigenvalue weighted by Gasteiger charge is -2.17. The number of hydrogen-bond acceptors (Lipinski definition) is 12. The van der Waals surface area contributed by atoms with Crippen LogP contribution in [0.4, 0.5) is 0 Å². The highest BCUT2D eigenvalue weighted by Gasteiger charge is 2.31. The largest absolute Gasteiger partial charge is 0.493 e. The SMILES string of the molecule is CCCCCCCCCCCCOc1c(C)c(-c2ccccc2)c2nonc2c1-c1cc2c(CCCCCCCC)c3sc(-c4c(C)c(OCCCCCCCCCCCC)c(-c5cc6sc(-c7ccccc7)cc6s5)c5nonc45)cc3c(CCCCCCCC)c2s1. The van der Waals surface area contributed by atoms with Crippen molar-refractivity contribution >= 4 is 97.0 Å². The van der Waals surface area contributed by atoms with E-state index in [-0.39, 0.29) is 0 Å². The maximum absolute atomic E-state index is 7.23. The zero-order chi connectivity index (χ0) is 64.9. The minimum Gasteiger partial charge on any atom is -0.493 e. The molecule has 6 heterocycles. The lowest BCUT2D eigenvalue weighted by atomic mass is 9.92.